The van der Waals surface area contributed by atoms with Gasteiger partial charge in [-0.15, -0.1) is 35.3 Å². The van der Waals surface area contributed by atoms with Gasteiger partial charge in [0.25, 0.3) is 0 Å². The van der Waals surface area contributed by atoms with E-state index in [0.717, 1.165) is 36.2 Å². The van der Waals surface area contributed by atoms with Crippen LogP contribution in [-0.2, 0) is 11.2 Å². The highest BCUT2D eigenvalue weighted by atomic mass is 127. The maximum Gasteiger partial charge on any atom is 0.410 e. The van der Waals surface area contributed by atoms with E-state index in [1.165, 1.54) is 0 Å². The Morgan fingerprint density at radius 2 is 2.07 bits per heavy atom. The number of hydrogen-bond acceptors (Lipinski definition) is 5. The first-order valence-corrected chi connectivity index (χ1v) is 10.4. The van der Waals surface area contributed by atoms with Crippen LogP contribution >= 0.6 is 35.3 Å². The molecule has 2 N–H and O–H groups in total. The SMILES string of the molecule is CCNC(=NCC(C)CN(C)C(=O)OC(C)(C)C)NCCc1csc(C)n1.I. The van der Waals surface area contributed by atoms with E-state index in [4.69, 9.17) is 4.74 Å². The van der Waals surface area contributed by atoms with Gasteiger partial charge in [-0.25, -0.2) is 9.78 Å². The third-order valence-electron chi connectivity index (χ3n) is 3.54. The average molecular weight is 526 g/mol. The van der Waals surface area contributed by atoms with Crippen LogP contribution in [-0.4, -0.2) is 60.8 Å². The standard InChI is InChI=1S/C19H35N5O2S.HI/c1-8-20-17(21-10-9-16-13-27-15(3)23-16)22-11-14(2)12-24(7)18(25)26-19(4,5)6;/h13-14H,8-12H2,1-7H3,(H2,20,21,22);1H. The fourth-order valence-corrected chi connectivity index (χ4v) is 3.01. The van der Waals surface area contributed by atoms with Gasteiger partial charge in [0.15, 0.2) is 5.96 Å². The van der Waals surface area contributed by atoms with Crippen LogP contribution in [0.2, 0.25) is 0 Å². The monoisotopic (exact) mass is 525 g/mol. The minimum atomic E-state index is -0.481. The summed E-state index contributed by atoms with van der Waals surface area (Å²) in [5.41, 5.74) is 0.623. The zero-order valence-electron chi connectivity index (χ0n) is 18.2. The molecule has 1 aromatic heterocycles. The molecule has 0 fully saturated rings. The maximum atomic E-state index is 12.1. The number of nitrogens with one attached hydrogen (secondary N) is 2. The molecule has 7 nitrogen and oxygen atoms in total. The number of carbonyl (C=O) groups is 1. The van der Waals surface area contributed by atoms with Crippen molar-refractivity contribution >= 4 is 47.4 Å². The lowest BCUT2D eigenvalue weighted by molar-refractivity contribution is 0.0279. The van der Waals surface area contributed by atoms with Crippen molar-refractivity contribution in [1.82, 2.24) is 20.5 Å². The molecule has 0 aromatic carbocycles. The second-order valence-corrected chi connectivity index (χ2v) is 8.78. The summed E-state index contributed by atoms with van der Waals surface area (Å²) in [6.07, 6.45) is 0.563. The number of guanidine groups is 1. The number of halogens is 1. The third kappa shape index (κ3) is 11.7. The third-order valence-corrected chi connectivity index (χ3v) is 4.36. The van der Waals surface area contributed by atoms with E-state index in [1.807, 2.05) is 34.6 Å². The Morgan fingerprint density at radius 3 is 2.61 bits per heavy atom. The molecule has 1 aromatic rings. The number of aromatic nitrogens is 1. The molecular formula is C19H36IN5O2S. The molecule has 162 valence electrons. The molecule has 9 heteroatoms. The molecule has 1 rings (SSSR count). The summed E-state index contributed by atoms with van der Waals surface area (Å²) in [6, 6.07) is 0. The fraction of sp³-hybridized carbons (Fsp3) is 0.737. The predicted molar refractivity (Wildman–Crippen MR) is 128 cm³/mol. The van der Waals surface area contributed by atoms with Crippen LogP contribution in [0.15, 0.2) is 10.4 Å². The highest BCUT2D eigenvalue weighted by molar-refractivity contribution is 14.0. The van der Waals surface area contributed by atoms with E-state index >= 15 is 0 Å². The number of rotatable bonds is 8. The van der Waals surface area contributed by atoms with Crippen LogP contribution in [0.4, 0.5) is 4.79 Å². The summed E-state index contributed by atoms with van der Waals surface area (Å²) in [5.74, 6) is 1.01. The van der Waals surface area contributed by atoms with Crippen molar-refractivity contribution < 1.29 is 9.53 Å². The molecule has 1 amide bonds. The molecule has 0 aliphatic rings. The number of aryl methyl sites for hydroxylation is 1. The van der Waals surface area contributed by atoms with E-state index in [9.17, 15) is 4.79 Å². The summed E-state index contributed by atoms with van der Waals surface area (Å²) in [4.78, 5) is 22.8. The molecule has 0 bridgehead atoms. The van der Waals surface area contributed by atoms with Crippen molar-refractivity contribution in [2.75, 3.05) is 33.2 Å². The number of nitrogens with zero attached hydrogens (tertiary/aromatic N) is 3. The smallest absolute Gasteiger partial charge is 0.410 e. The first-order valence-electron chi connectivity index (χ1n) is 9.48. The van der Waals surface area contributed by atoms with Gasteiger partial charge in [-0.1, -0.05) is 6.92 Å². The Labute approximate surface area is 190 Å². The minimum absolute atomic E-state index is 0. The molecule has 0 saturated carbocycles. The molecule has 0 aliphatic heterocycles. The zero-order chi connectivity index (χ0) is 20.4. The molecular weight excluding hydrogens is 489 g/mol. The lowest BCUT2D eigenvalue weighted by Gasteiger charge is -2.26. The minimum Gasteiger partial charge on any atom is -0.444 e. The lowest BCUT2D eigenvalue weighted by Crippen LogP contribution is -2.39. The van der Waals surface area contributed by atoms with Crippen LogP contribution in [0.3, 0.4) is 0 Å². The van der Waals surface area contributed by atoms with Crippen LogP contribution in [0.5, 0.6) is 0 Å². The summed E-state index contributed by atoms with van der Waals surface area (Å²) >= 11 is 1.67. The van der Waals surface area contributed by atoms with Crippen molar-refractivity contribution in [3.8, 4) is 0 Å². The highest BCUT2D eigenvalue weighted by Crippen LogP contribution is 2.10. The van der Waals surface area contributed by atoms with Crippen LogP contribution < -0.4 is 10.6 Å². The molecule has 0 radical (unpaired) electrons. The number of carbonyl (C=O) groups excluding carboxylic acids is 1. The first-order chi connectivity index (χ1) is 12.6. The molecule has 0 saturated heterocycles. The van der Waals surface area contributed by atoms with Crippen molar-refractivity contribution in [3.63, 3.8) is 0 Å². The quantitative estimate of drug-likeness (QED) is 0.308. The van der Waals surface area contributed by atoms with Crippen molar-refractivity contribution in [2.45, 2.75) is 53.6 Å². The fourth-order valence-electron chi connectivity index (χ4n) is 2.36. The van der Waals surface area contributed by atoms with Gasteiger partial charge in [-0.2, -0.15) is 0 Å². The van der Waals surface area contributed by atoms with Crippen LogP contribution in [0, 0.1) is 12.8 Å². The topological polar surface area (TPSA) is 78.9 Å². The Balaban J connectivity index is 0.00000729. The molecule has 0 aliphatic carbocycles. The Bertz CT molecular complexity index is 616. The van der Waals surface area contributed by atoms with Gasteiger partial charge >= 0.3 is 6.09 Å². The van der Waals surface area contributed by atoms with E-state index in [-0.39, 0.29) is 36.0 Å². The van der Waals surface area contributed by atoms with E-state index in [0.29, 0.717) is 13.1 Å². The molecule has 28 heavy (non-hydrogen) atoms. The summed E-state index contributed by atoms with van der Waals surface area (Å²) in [5, 5.41) is 9.78. The van der Waals surface area contributed by atoms with Crippen LogP contribution in [0.1, 0.15) is 45.3 Å². The Hall–Kier alpha value is -1.10. The normalized spacial score (nSPS) is 12.8. The number of amides is 1. The van der Waals surface area contributed by atoms with Crippen molar-refractivity contribution in [2.24, 2.45) is 10.9 Å². The first kappa shape index (κ1) is 26.9. The number of ether oxygens (including phenoxy) is 1. The lowest BCUT2D eigenvalue weighted by atomic mass is 10.2. The number of hydrogen-bond donors (Lipinski definition) is 2. The Morgan fingerprint density at radius 1 is 1.39 bits per heavy atom. The molecule has 0 spiro atoms. The van der Waals surface area contributed by atoms with Gasteiger partial charge in [0, 0.05) is 45.0 Å². The summed E-state index contributed by atoms with van der Waals surface area (Å²) < 4.78 is 5.38. The van der Waals surface area contributed by atoms with Crippen molar-refractivity contribution in [3.05, 3.63) is 16.1 Å². The Kier molecular flexibility index (Phi) is 12.7. The van der Waals surface area contributed by atoms with E-state index < -0.39 is 5.60 Å². The molecule has 1 heterocycles. The average Bonchev–Trinajstić information content (AvgIpc) is 2.96. The predicted octanol–water partition coefficient (Wildman–Crippen LogP) is 3.67. The number of aliphatic imine (C=N–C) groups is 1. The second kappa shape index (κ2) is 13.2. The number of thiazole rings is 1. The van der Waals surface area contributed by atoms with Gasteiger partial charge in [0.2, 0.25) is 0 Å². The second-order valence-electron chi connectivity index (χ2n) is 7.72. The van der Waals surface area contributed by atoms with Gasteiger partial charge in [0.05, 0.1) is 10.7 Å². The van der Waals surface area contributed by atoms with Crippen LogP contribution in [0.25, 0.3) is 0 Å². The largest absolute Gasteiger partial charge is 0.444 e. The summed E-state index contributed by atoms with van der Waals surface area (Å²) in [7, 11) is 1.76. The molecule has 1 atom stereocenters. The van der Waals surface area contributed by atoms with Gasteiger partial charge in [-0.05, 0) is 40.5 Å². The van der Waals surface area contributed by atoms with Gasteiger partial charge in [-0.3, -0.25) is 4.99 Å². The van der Waals surface area contributed by atoms with Gasteiger partial charge in [0.1, 0.15) is 5.60 Å². The highest BCUT2D eigenvalue weighted by Gasteiger charge is 2.20. The zero-order valence-corrected chi connectivity index (χ0v) is 21.3. The van der Waals surface area contributed by atoms with E-state index in [2.05, 4.69) is 32.9 Å². The van der Waals surface area contributed by atoms with E-state index in [1.54, 1.807) is 23.3 Å². The van der Waals surface area contributed by atoms with Gasteiger partial charge < -0.3 is 20.3 Å². The maximum absolute atomic E-state index is 12.1. The molecule has 1 unspecified atom stereocenters. The summed E-state index contributed by atoms with van der Waals surface area (Å²) in [6.45, 7) is 14.5. The van der Waals surface area contributed by atoms with Crippen molar-refractivity contribution in [1.29, 1.82) is 0 Å².